The Morgan fingerprint density at radius 1 is 1.03 bits per heavy atom. The second kappa shape index (κ2) is 11.2. The zero-order valence-electron chi connectivity index (χ0n) is 23.3. The molecule has 0 N–H and O–H groups in total. The summed E-state index contributed by atoms with van der Waals surface area (Å²) in [6, 6.07) is 16.8. The fourth-order valence-corrected chi connectivity index (χ4v) is 6.74. The Morgan fingerprint density at radius 2 is 1.79 bits per heavy atom. The Balaban J connectivity index is 1.20. The molecule has 1 saturated heterocycles. The molecular formula is C32H38FN3O2S. The van der Waals surface area contributed by atoms with Crippen LogP contribution in [0.3, 0.4) is 0 Å². The summed E-state index contributed by atoms with van der Waals surface area (Å²) in [5, 5.41) is 2.10. The molecule has 0 aliphatic carbocycles. The Hall–Kier alpha value is -3.03. The molecule has 0 unspecified atom stereocenters. The minimum Gasteiger partial charge on any atom is -0.339 e. The lowest BCUT2D eigenvalue weighted by molar-refractivity contribution is -0.134. The molecule has 2 aliphatic heterocycles. The van der Waals surface area contributed by atoms with Gasteiger partial charge < -0.3 is 9.80 Å². The Kier molecular flexibility index (Phi) is 7.92. The first-order valence-electron chi connectivity index (χ1n) is 13.9. The number of nitrogens with zero attached hydrogens (tertiary/aromatic N) is 3. The van der Waals surface area contributed by atoms with Gasteiger partial charge in [-0.1, -0.05) is 45.0 Å². The van der Waals surface area contributed by atoms with Gasteiger partial charge in [0, 0.05) is 55.6 Å². The molecule has 7 heteroatoms. The third-order valence-corrected chi connectivity index (χ3v) is 9.08. The predicted octanol–water partition coefficient (Wildman–Crippen LogP) is 5.90. The lowest BCUT2D eigenvalue weighted by atomic mass is 9.86. The molecule has 5 rings (SSSR count). The van der Waals surface area contributed by atoms with Gasteiger partial charge in [-0.15, -0.1) is 11.3 Å². The number of amides is 2. The lowest BCUT2D eigenvalue weighted by Crippen LogP contribution is -2.55. The van der Waals surface area contributed by atoms with Gasteiger partial charge in [-0.05, 0) is 71.2 Å². The van der Waals surface area contributed by atoms with Crippen LogP contribution in [-0.4, -0.2) is 65.3 Å². The molecule has 2 amide bonds. The molecule has 0 spiro atoms. The minimum atomic E-state index is -0.238. The third kappa shape index (κ3) is 5.94. The second-order valence-electron chi connectivity index (χ2n) is 11.8. The molecule has 1 aromatic heterocycles. The van der Waals surface area contributed by atoms with Crippen molar-refractivity contribution in [2.75, 3.05) is 32.7 Å². The number of piperazine rings is 1. The van der Waals surface area contributed by atoms with E-state index in [-0.39, 0.29) is 35.1 Å². The first kappa shape index (κ1) is 27.5. The molecule has 3 heterocycles. The van der Waals surface area contributed by atoms with Crippen molar-refractivity contribution in [3.63, 3.8) is 0 Å². The van der Waals surface area contributed by atoms with Crippen LogP contribution in [0.2, 0.25) is 0 Å². The highest BCUT2D eigenvalue weighted by Gasteiger charge is 2.33. The number of thiophene rings is 1. The monoisotopic (exact) mass is 547 g/mol. The van der Waals surface area contributed by atoms with E-state index in [1.807, 2.05) is 47.1 Å². The highest BCUT2D eigenvalue weighted by atomic mass is 32.1. The van der Waals surface area contributed by atoms with E-state index in [0.717, 1.165) is 18.5 Å². The second-order valence-corrected chi connectivity index (χ2v) is 12.8. The van der Waals surface area contributed by atoms with Gasteiger partial charge >= 0.3 is 0 Å². The molecular weight excluding hydrogens is 509 g/mol. The summed E-state index contributed by atoms with van der Waals surface area (Å²) in [6.45, 7) is 11.6. The summed E-state index contributed by atoms with van der Waals surface area (Å²) >= 11 is 1.75. The van der Waals surface area contributed by atoms with Crippen LogP contribution in [0.4, 0.5) is 4.39 Å². The van der Waals surface area contributed by atoms with Crippen molar-refractivity contribution in [1.29, 1.82) is 0 Å². The van der Waals surface area contributed by atoms with E-state index in [1.54, 1.807) is 23.5 Å². The first-order chi connectivity index (χ1) is 18.6. The van der Waals surface area contributed by atoms with Crippen molar-refractivity contribution in [3.05, 3.63) is 92.9 Å². The van der Waals surface area contributed by atoms with E-state index < -0.39 is 0 Å². The number of rotatable bonds is 5. The van der Waals surface area contributed by atoms with Crippen molar-refractivity contribution >= 4 is 23.2 Å². The summed E-state index contributed by atoms with van der Waals surface area (Å²) in [5.41, 5.74) is 4.08. The van der Waals surface area contributed by atoms with Crippen LogP contribution in [0.1, 0.15) is 72.1 Å². The van der Waals surface area contributed by atoms with Gasteiger partial charge in [-0.3, -0.25) is 14.5 Å². The molecule has 39 heavy (non-hydrogen) atoms. The van der Waals surface area contributed by atoms with Crippen LogP contribution in [0.15, 0.2) is 60.0 Å². The van der Waals surface area contributed by atoms with Crippen LogP contribution in [-0.2, 0) is 16.6 Å². The van der Waals surface area contributed by atoms with Crippen molar-refractivity contribution in [3.8, 4) is 0 Å². The van der Waals surface area contributed by atoms with Crippen LogP contribution in [0, 0.1) is 5.82 Å². The van der Waals surface area contributed by atoms with Crippen LogP contribution >= 0.6 is 11.3 Å². The summed E-state index contributed by atoms with van der Waals surface area (Å²) < 4.78 is 14.1. The van der Waals surface area contributed by atoms with Gasteiger partial charge in [0.2, 0.25) is 5.91 Å². The van der Waals surface area contributed by atoms with Crippen LogP contribution in [0.25, 0.3) is 0 Å². The summed E-state index contributed by atoms with van der Waals surface area (Å²) in [7, 11) is 0. The average molecular weight is 548 g/mol. The smallest absolute Gasteiger partial charge is 0.254 e. The van der Waals surface area contributed by atoms with Crippen molar-refractivity contribution in [2.45, 2.75) is 58.0 Å². The number of hydrogen-bond donors (Lipinski definition) is 0. The average Bonchev–Trinajstić information content (AvgIpc) is 3.39. The SMILES string of the molecule is C[C@H]1CN(C(=O)CCN2CCc3sccc3[C@H]2c2cccc(F)c2)CCN1C(=O)c1ccc(C(C)(C)C)cc1. The molecule has 2 atom stereocenters. The topological polar surface area (TPSA) is 43.9 Å². The van der Waals surface area contributed by atoms with E-state index in [2.05, 4.69) is 37.1 Å². The first-order valence-corrected chi connectivity index (χ1v) is 14.7. The summed E-state index contributed by atoms with van der Waals surface area (Å²) in [6.07, 6.45) is 1.35. The zero-order chi connectivity index (χ0) is 27.7. The molecule has 5 nitrogen and oxygen atoms in total. The minimum absolute atomic E-state index is 0.0212. The highest BCUT2D eigenvalue weighted by molar-refractivity contribution is 7.10. The molecule has 2 aromatic carbocycles. The van der Waals surface area contributed by atoms with E-state index >= 15 is 0 Å². The number of fused-ring (bicyclic) bond motifs is 1. The summed E-state index contributed by atoms with van der Waals surface area (Å²) in [5.74, 6) is -0.108. The van der Waals surface area contributed by atoms with E-state index in [4.69, 9.17) is 0 Å². The maximum Gasteiger partial charge on any atom is 0.254 e. The highest BCUT2D eigenvalue weighted by Crippen LogP contribution is 2.38. The Labute approximate surface area is 235 Å². The van der Waals surface area contributed by atoms with Crippen LogP contribution < -0.4 is 0 Å². The lowest BCUT2D eigenvalue weighted by Gasteiger charge is -2.41. The van der Waals surface area contributed by atoms with Crippen molar-refractivity contribution < 1.29 is 14.0 Å². The number of hydrogen-bond acceptors (Lipinski definition) is 4. The maximum atomic E-state index is 14.1. The standard InChI is InChI=1S/C32H38FN3O2S/c1-22-21-35(17-18-36(22)31(38)23-8-10-25(11-9-23)32(2,3)4)29(37)13-16-34-15-12-28-27(14-19-39-28)30(34)24-6-5-7-26(33)20-24/h5-11,14,19-20,22,30H,12-13,15-18,21H2,1-4H3/t22-,30+/m0/s1. The normalized spacial score (nSPS) is 20.1. The van der Waals surface area contributed by atoms with E-state index in [9.17, 15) is 14.0 Å². The van der Waals surface area contributed by atoms with Gasteiger partial charge in [0.05, 0.1) is 6.04 Å². The molecule has 206 valence electrons. The van der Waals surface area contributed by atoms with Gasteiger partial charge in [0.15, 0.2) is 0 Å². The molecule has 3 aromatic rings. The largest absolute Gasteiger partial charge is 0.339 e. The van der Waals surface area contributed by atoms with E-state index in [0.29, 0.717) is 38.2 Å². The molecule has 0 bridgehead atoms. The molecule has 0 saturated carbocycles. The third-order valence-electron chi connectivity index (χ3n) is 8.08. The van der Waals surface area contributed by atoms with Crippen molar-refractivity contribution in [1.82, 2.24) is 14.7 Å². The Morgan fingerprint density at radius 3 is 2.49 bits per heavy atom. The van der Waals surface area contributed by atoms with Gasteiger partial charge in [0.1, 0.15) is 5.82 Å². The maximum absolute atomic E-state index is 14.1. The van der Waals surface area contributed by atoms with Gasteiger partial charge in [-0.2, -0.15) is 0 Å². The Bertz CT molecular complexity index is 1330. The van der Waals surface area contributed by atoms with Crippen molar-refractivity contribution in [2.24, 2.45) is 0 Å². The number of halogens is 1. The zero-order valence-corrected chi connectivity index (χ0v) is 24.1. The quantitative estimate of drug-likeness (QED) is 0.400. The van der Waals surface area contributed by atoms with Gasteiger partial charge in [0.25, 0.3) is 5.91 Å². The molecule has 0 radical (unpaired) electrons. The molecule has 2 aliphatic rings. The van der Waals surface area contributed by atoms with Gasteiger partial charge in [-0.25, -0.2) is 4.39 Å². The van der Waals surface area contributed by atoms with Crippen LogP contribution in [0.5, 0.6) is 0 Å². The summed E-state index contributed by atoms with van der Waals surface area (Å²) in [4.78, 5) is 34.0. The number of carbonyl (C=O) groups excluding carboxylic acids is 2. The number of benzene rings is 2. The molecule has 1 fully saturated rings. The predicted molar refractivity (Wildman–Crippen MR) is 155 cm³/mol. The number of carbonyl (C=O) groups is 2. The fourth-order valence-electron chi connectivity index (χ4n) is 5.84. The fraction of sp³-hybridized carbons (Fsp3) is 0.438. The van der Waals surface area contributed by atoms with E-state index in [1.165, 1.54) is 22.1 Å².